The zero-order chi connectivity index (χ0) is 18.0. The molecule has 1 saturated heterocycles. The van der Waals surface area contributed by atoms with Crippen LogP contribution in [-0.2, 0) is 0 Å². The number of nitrogens with zero attached hydrogens (tertiary/aromatic N) is 1. The highest BCUT2D eigenvalue weighted by molar-refractivity contribution is 6.09. The van der Waals surface area contributed by atoms with Crippen molar-refractivity contribution in [3.05, 3.63) is 71.6 Å². The average molecular weight is 348 g/mol. The van der Waals surface area contributed by atoms with Crippen LogP contribution in [0.2, 0.25) is 0 Å². The molecule has 1 N–H and O–H groups in total. The summed E-state index contributed by atoms with van der Waals surface area (Å²) in [4.78, 5) is 30.2. The first kappa shape index (κ1) is 16.8. The molecule has 26 heavy (non-hydrogen) atoms. The van der Waals surface area contributed by atoms with E-state index in [0.717, 1.165) is 32.4 Å². The summed E-state index contributed by atoms with van der Waals surface area (Å²) >= 11 is 0. The lowest BCUT2D eigenvalue weighted by molar-refractivity contribution is 0.0484. The maximum Gasteiger partial charge on any atom is 0.253 e. The normalized spacial score (nSPS) is 22.5. The first-order valence-corrected chi connectivity index (χ1v) is 9.39. The van der Waals surface area contributed by atoms with Gasteiger partial charge in [0.25, 0.3) is 5.91 Å². The maximum absolute atomic E-state index is 13.0. The minimum atomic E-state index is -0.0313. The zero-order valence-corrected chi connectivity index (χ0v) is 14.9. The van der Waals surface area contributed by atoms with E-state index in [-0.39, 0.29) is 17.1 Å². The van der Waals surface area contributed by atoms with E-state index in [2.05, 4.69) is 17.1 Å². The van der Waals surface area contributed by atoms with Crippen LogP contribution in [0.15, 0.2) is 54.9 Å². The molecule has 2 heterocycles. The van der Waals surface area contributed by atoms with Gasteiger partial charge < -0.3 is 9.88 Å². The van der Waals surface area contributed by atoms with Gasteiger partial charge in [0.15, 0.2) is 5.78 Å². The SMILES string of the molecule is O=C(c1ccc(C(=O)N2CCC[C@@]3(CC=CCC3)C2)cc1)c1cc[nH]c1. The fraction of sp³-hybridized carbons (Fsp3) is 0.364. The van der Waals surface area contributed by atoms with Gasteiger partial charge in [-0.2, -0.15) is 0 Å². The second-order valence-corrected chi connectivity index (χ2v) is 7.55. The van der Waals surface area contributed by atoms with Gasteiger partial charge in [0.05, 0.1) is 0 Å². The Morgan fingerprint density at radius 2 is 1.77 bits per heavy atom. The molecule has 4 rings (SSSR count). The van der Waals surface area contributed by atoms with E-state index in [9.17, 15) is 9.59 Å². The molecule has 1 aliphatic carbocycles. The van der Waals surface area contributed by atoms with Crippen molar-refractivity contribution in [1.29, 1.82) is 0 Å². The summed E-state index contributed by atoms with van der Waals surface area (Å²) in [7, 11) is 0. The van der Waals surface area contributed by atoms with Crippen LogP contribution in [0, 0.1) is 5.41 Å². The number of likely N-dealkylation sites (tertiary alicyclic amines) is 1. The standard InChI is InChI=1S/C22H24N2O2/c25-20(19-9-13-23-15-19)17-5-7-18(8-6-17)21(26)24-14-4-12-22(16-24)10-2-1-3-11-22/h1-2,5-9,13,15,23H,3-4,10-12,14,16H2/t22-/m0/s1. The largest absolute Gasteiger partial charge is 0.367 e. The van der Waals surface area contributed by atoms with E-state index in [1.54, 1.807) is 42.7 Å². The molecule has 1 atom stereocenters. The van der Waals surface area contributed by atoms with Crippen molar-refractivity contribution >= 4 is 11.7 Å². The van der Waals surface area contributed by atoms with Gasteiger partial charge in [0.1, 0.15) is 0 Å². The van der Waals surface area contributed by atoms with Gasteiger partial charge in [-0.25, -0.2) is 0 Å². The summed E-state index contributed by atoms with van der Waals surface area (Å²) in [5, 5.41) is 0. The zero-order valence-electron chi connectivity index (χ0n) is 14.9. The molecule has 1 amide bonds. The lowest BCUT2D eigenvalue weighted by atomic mass is 9.71. The van der Waals surface area contributed by atoms with Crippen molar-refractivity contribution in [2.75, 3.05) is 13.1 Å². The van der Waals surface area contributed by atoms with Gasteiger partial charge in [-0.15, -0.1) is 0 Å². The fourth-order valence-corrected chi connectivity index (χ4v) is 4.27. The average Bonchev–Trinajstić information content (AvgIpc) is 3.22. The van der Waals surface area contributed by atoms with Crippen molar-refractivity contribution in [3.8, 4) is 0 Å². The molecule has 4 nitrogen and oxygen atoms in total. The van der Waals surface area contributed by atoms with Gasteiger partial charge in [0.2, 0.25) is 0 Å². The van der Waals surface area contributed by atoms with Crippen LogP contribution >= 0.6 is 0 Å². The van der Waals surface area contributed by atoms with Crippen molar-refractivity contribution < 1.29 is 9.59 Å². The van der Waals surface area contributed by atoms with Gasteiger partial charge in [0, 0.05) is 42.2 Å². The van der Waals surface area contributed by atoms with Crippen molar-refractivity contribution in [3.63, 3.8) is 0 Å². The number of allylic oxidation sites excluding steroid dienone is 2. The molecular formula is C22H24N2O2. The number of hydrogen-bond acceptors (Lipinski definition) is 2. The molecule has 1 aromatic carbocycles. The monoisotopic (exact) mass is 348 g/mol. The number of hydrogen-bond donors (Lipinski definition) is 1. The lowest BCUT2D eigenvalue weighted by Gasteiger charge is -2.44. The minimum Gasteiger partial charge on any atom is -0.367 e. The molecule has 0 bridgehead atoms. The van der Waals surface area contributed by atoms with Gasteiger partial charge in [-0.1, -0.05) is 24.3 Å². The Kier molecular flexibility index (Phi) is 4.49. The van der Waals surface area contributed by atoms with Crippen LogP contribution < -0.4 is 0 Å². The van der Waals surface area contributed by atoms with Crippen molar-refractivity contribution in [1.82, 2.24) is 9.88 Å². The number of nitrogens with one attached hydrogen (secondary N) is 1. The van der Waals surface area contributed by atoms with Crippen LogP contribution in [0.25, 0.3) is 0 Å². The Morgan fingerprint density at radius 1 is 0.962 bits per heavy atom. The number of ketones is 1. The summed E-state index contributed by atoms with van der Waals surface area (Å²) in [5.41, 5.74) is 2.17. The number of piperidine rings is 1. The number of aromatic nitrogens is 1. The lowest BCUT2D eigenvalue weighted by Crippen LogP contribution is -2.46. The molecule has 134 valence electrons. The second-order valence-electron chi connectivity index (χ2n) is 7.55. The second kappa shape index (κ2) is 6.94. The number of H-pyrrole nitrogens is 1. The predicted octanol–water partition coefficient (Wildman–Crippen LogP) is 4.21. The van der Waals surface area contributed by atoms with E-state index in [4.69, 9.17) is 0 Å². The number of amides is 1. The van der Waals surface area contributed by atoms with Crippen LogP contribution in [0.3, 0.4) is 0 Å². The van der Waals surface area contributed by atoms with Crippen LogP contribution in [0.4, 0.5) is 0 Å². The highest BCUT2D eigenvalue weighted by Crippen LogP contribution is 2.41. The summed E-state index contributed by atoms with van der Waals surface area (Å²) in [6.45, 7) is 1.68. The van der Waals surface area contributed by atoms with Crippen molar-refractivity contribution in [2.24, 2.45) is 5.41 Å². The first-order chi connectivity index (χ1) is 12.7. The van der Waals surface area contributed by atoms with Crippen LogP contribution in [-0.4, -0.2) is 34.7 Å². The van der Waals surface area contributed by atoms with E-state index in [1.807, 2.05) is 4.90 Å². The highest BCUT2D eigenvalue weighted by atomic mass is 16.2. The molecule has 1 aromatic heterocycles. The number of rotatable bonds is 3. The van der Waals surface area contributed by atoms with E-state index in [1.165, 1.54) is 12.8 Å². The molecule has 2 aromatic rings. The van der Waals surface area contributed by atoms with E-state index >= 15 is 0 Å². The fourth-order valence-electron chi connectivity index (χ4n) is 4.27. The molecular weight excluding hydrogens is 324 g/mol. The molecule has 1 fully saturated rings. The number of aromatic amines is 1. The summed E-state index contributed by atoms with van der Waals surface area (Å²) in [6, 6.07) is 8.83. The number of carbonyl (C=O) groups excluding carboxylic acids is 2. The van der Waals surface area contributed by atoms with Crippen LogP contribution in [0.5, 0.6) is 0 Å². The van der Waals surface area contributed by atoms with Crippen LogP contribution in [0.1, 0.15) is 58.4 Å². The Bertz CT molecular complexity index is 820. The molecule has 1 spiro atoms. The third-order valence-corrected chi connectivity index (χ3v) is 5.76. The topological polar surface area (TPSA) is 53.2 Å². The predicted molar refractivity (Wildman–Crippen MR) is 101 cm³/mol. The van der Waals surface area contributed by atoms with Gasteiger partial charge in [-0.05, 0) is 55.7 Å². The van der Waals surface area contributed by atoms with Gasteiger partial charge >= 0.3 is 0 Å². The summed E-state index contributed by atoms with van der Waals surface area (Å²) in [6.07, 6.45) is 13.6. The summed E-state index contributed by atoms with van der Waals surface area (Å²) < 4.78 is 0. The van der Waals surface area contributed by atoms with E-state index < -0.39 is 0 Å². The first-order valence-electron chi connectivity index (χ1n) is 9.39. The Hall–Kier alpha value is -2.62. The summed E-state index contributed by atoms with van der Waals surface area (Å²) in [5.74, 6) is 0.0513. The van der Waals surface area contributed by atoms with Crippen molar-refractivity contribution in [2.45, 2.75) is 32.1 Å². The highest BCUT2D eigenvalue weighted by Gasteiger charge is 2.36. The molecule has 0 unspecified atom stereocenters. The third kappa shape index (κ3) is 3.24. The number of carbonyl (C=O) groups is 2. The molecule has 2 aliphatic rings. The Labute approximate surface area is 153 Å². The maximum atomic E-state index is 13.0. The molecule has 0 saturated carbocycles. The minimum absolute atomic E-state index is 0.0313. The third-order valence-electron chi connectivity index (χ3n) is 5.76. The molecule has 4 heteroatoms. The Balaban J connectivity index is 1.48. The van der Waals surface area contributed by atoms with Gasteiger partial charge in [-0.3, -0.25) is 9.59 Å². The Morgan fingerprint density at radius 3 is 2.46 bits per heavy atom. The van der Waals surface area contributed by atoms with E-state index in [0.29, 0.717) is 16.7 Å². The molecule has 1 aliphatic heterocycles. The smallest absolute Gasteiger partial charge is 0.253 e. The quantitative estimate of drug-likeness (QED) is 0.667. The number of benzene rings is 1. The molecule has 0 radical (unpaired) electrons.